The number of ether oxygens (including phenoxy) is 1. The Labute approximate surface area is 132 Å². The number of nitrogens with zero attached hydrogens (tertiary/aromatic N) is 1. The SMILES string of the molecule is CCC(CC)C1CN=C(NCCc2ccc(OC)cc2)S1. The lowest BCUT2D eigenvalue weighted by atomic mass is 9.99. The first kappa shape index (κ1) is 16.2. The molecule has 1 aliphatic rings. The first-order chi connectivity index (χ1) is 10.3. The Morgan fingerprint density at radius 2 is 2.00 bits per heavy atom. The van der Waals surface area contributed by atoms with Crippen LogP contribution in [-0.4, -0.2) is 30.6 Å². The van der Waals surface area contributed by atoms with Crippen LogP contribution in [0.3, 0.4) is 0 Å². The van der Waals surface area contributed by atoms with Crippen LogP contribution in [0.4, 0.5) is 0 Å². The minimum Gasteiger partial charge on any atom is -0.497 e. The number of rotatable bonds is 7. The van der Waals surface area contributed by atoms with Crippen LogP contribution in [0.1, 0.15) is 32.3 Å². The van der Waals surface area contributed by atoms with Crippen molar-refractivity contribution in [1.82, 2.24) is 5.32 Å². The van der Waals surface area contributed by atoms with Crippen molar-refractivity contribution in [2.75, 3.05) is 20.2 Å². The lowest BCUT2D eigenvalue weighted by molar-refractivity contribution is 0.414. The molecule has 0 saturated carbocycles. The van der Waals surface area contributed by atoms with Gasteiger partial charge in [-0.1, -0.05) is 50.6 Å². The van der Waals surface area contributed by atoms with Crippen LogP contribution in [-0.2, 0) is 6.42 Å². The van der Waals surface area contributed by atoms with E-state index in [4.69, 9.17) is 4.74 Å². The lowest BCUT2D eigenvalue weighted by Gasteiger charge is -2.18. The van der Waals surface area contributed by atoms with Gasteiger partial charge in [-0.25, -0.2) is 0 Å². The highest BCUT2D eigenvalue weighted by Gasteiger charge is 2.25. The second kappa shape index (κ2) is 8.32. The summed E-state index contributed by atoms with van der Waals surface area (Å²) >= 11 is 1.93. The van der Waals surface area contributed by atoms with Gasteiger partial charge >= 0.3 is 0 Å². The fraction of sp³-hybridized carbons (Fsp3) is 0.588. The Morgan fingerprint density at radius 3 is 2.62 bits per heavy atom. The van der Waals surface area contributed by atoms with E-state index in [1.807, 2.05) is 23.9 Å². The maximum atomic E-state index is 5.17. The molecule has 0 fully saturated rings. The Hall–Kier alpha value is -1.16. The van der Waals surface area contributed by atoms with E-state index in [0.717, 1.165) is 36.3 Å². The molecule has 2 rings (SSSR count). The molecule has 1 unspecified atom stereocenters. The Kier molecular flexibility index (Phi) is 6.43. The quantitative estimate of drug-likeness (QED) is 0.833. The van der Waals surface area contributed by atoms with Crippen molar-refractivity contribution >= 4 is 16.9 Å². The molecule has 0 spiro atoms. The average molecular weight is 306 g/mol. The molecule has 0 aliphatic carbocycles. The van der Waals surface area contributed by atoms with Gasteiger partial charge in [-0.2, -0.15) is 0 Å². The van der Waals surface area contributed by atoms with Crippen LogP contribution in [0.2, 0.25) is 0 Å². The van der Waals surface area contributed by atoms with E-state index >= 15 is 0 Å². The number of nitrogens with one attached hydrogen (secondary N) is 1. The fourth-order valence-electron chi connectivity index (χ4n) is 2.65. The van der Waals surface area contributed by atoms with Crippen molar-refractivity contribution in [3.05, 3.63) is 29.8 Å². The predicted molar refractivity (Wildman–Crippen MR) is 92.5 cm³/mol. The van der Waals surface area contributed by atoms with Crippen LogP contribution in [0.5, 0.6) is 5.75 Å². The topological polar surface area (TPSA) is 33.6 Å². The van der Waals surface area contributed by atoms with Gasteiger partial charge in [0.25, 0.3) is 0 Å². The minimum absolute atomic E-state index is 0.670. The van der Waals surface area contributed by atoms with Gasteiger partial charge in [-0.15, -0.1) is 0 Å². The highest BCUT2D eigenvalue weighted by molar-refractivity contribution is 8.14. The van der Waals surface area contributed by atoms with Crippen molar-refractivity contribution in [2.24, 2.45) is 10.9 Å². The minimum atomic E-state index is 0.670. The normalized spacial score (nSPS) is 17.9. The van der Waals surface area contributed by atoms with E-state index in [2.05, 4.69) is 36.3 Å². The monoisotopic (exact) mass is 306 g/mol. The third kappa shape index (κ3) is 4.67. The van der Waals surface area contributed by atoms with Crippen LogP contribution in [0.15, 0.2) is 29.3 Å². The molecule has 21 heavy (non-hydrogen) atoms. The zero-order valence-corrected chi connectivity index (χ0v) is 14.1. The molecule has 0 saturated heterocycles. The fourth-order valence-corrected chi connectivity index (χ4v) is 4.00. The third-order valence-corrected chi connectivity index (χ3v) is 5.43. The summed E-state index contributed by atoms with van der Waals surface area (Å²) < 4.78 is 5.17. The van der Waals surface area contributed by atoms with Crippen LogP contribution >= 0.6 is 11.8 Å². The van der Waals surface area contributed by atoms with Crippen molar-refractivity contribution in [3.63, 3.8) is 0 Å². The summed E-state index contributed by atoms with van der Waals surface area (Å²) in [6.45, 7) is 6.48. The summed E-state index contributed by atoms with van der Waals surface area (Å²) in [5.41, 5.74) is 1.32. The van der Waals surface area contributed by atoms with Gasteiger partial charge in [-0.3, -0.25) is 4.99 Å². The Balaban J connectivity index is 1.72. The zero-order chi connectivity index (χ0) is 15.1. The molecule has 0 amide bonds. The third-order valence-electron chi connectivity index (χ3n) is 4.10. The van der Waals surface area contributed by atoms with Gasteiger partial charge in [0.15, 0.2) is 5.17 Å². The molecular weight excluding hydrogens is 280 g/mol. The summed E-state index contributed by atoms with van der Waals surface area (Å²) in [5.74, 6) is 1.70. The van der Waals surface area contributed by atoms with E-state index in [-0.39, 0.29) is 0 Å². The van der Waals surface area contributed by atoms with Crippen LogP contribution < -0.4 is 10.1 Å². The summed E-state index contributed by atoms with van der Waals surface area (Å²) in [4.78, 5) is 4.64. The van der Waals surface area contributed by atoms with E-state index in [9.17, 15) is 0 Å². The summed E-state index contributed by atoms with van der Waals surface area (Å²) in [6.07, 6.45) is 3.52. The first-order valence-electron chi connectivity index (χ1n) is 7.84. The van der Waals surface area contributed by atoms with E-state index in [1.54, 1.807) is 7.11 Å². The van der Waals surface area contributed by atoms with Crippen molar-refractivity contribution in [1.29, 1.82) is 0 Å². The van der Waals surface area contributed by atoms with Gasteiger partial charge in [0.1, 0.15) is 5.75 Å². The maximum Gasteiger partial charge on any atom is 0.156 e. The van der Waals surface area contributed by atoms with Gasteiger partial charge in [0.05, 0.1) is 13.7 Å². The number of hydrogen-bond donors (Lipinski definition) is 1. The molecule has 4 heteroatoms. The van der Waals surface area contributed by atoms with E-state index in [1.165, 1.54) is 18.4 Å². The standard InChI is InChI=1S/C17H26N2OS/c1-4-14(5-2)16-12-19-17(21-16)18-11-10-13-6-8-15(20-3)9-7-13/h6-9,14,16H,4-5,10-12H2,1-3H3,(H,18,19). The molecule has 0 aromatic heterocycles. The molecule has 1 aromatic carbocycles. The molecular formula is C17H26N2OS. The lowest BCUT2D eigenvalue weighted by Crippen LogP contribution is -2.23. The zero-order valence-electron chi connectivity index (χ0n) is 13.3. The number of aliphatic imine (C=N–C) groups is 1. The highest BCUT2D eigenvalue weighted by atomic mass is 32.2. The second-order valence-corrected chi connectivity index (χ2v) is 6.63. The molecule has 1 aliphatic heterocycles. The van der Waals surface area contributed by atoms with Gasteiger partial charge in [0, 0.05) is 11.8 Å². The summed E-state index contributed by atoms with van der Waals surface area (Å²) in [5, 5.41) is 5.27. The Morgan fingerprint density at radius 1 is 1.29 bits per heavy atom. The van der Waals surface area contributed by atoms with Crippen LogP contribution in [0.25, 0.3) is 0 Å². The van der Waals surface area contributed by atoms with Gasteiger partial charge in [-0.05, 0) is 30.0 Å². The largest absolute Gasteiger partial charge is 0.497 e. The number of thioether (sulfide) groups is 1. The molecule has 0 radical (unpaired) electrons. The first-order valence-corrected chi connectivity index (χ1v) is 8.72. The number of hydrogen-bond acceptors (Lipinski definition) is 4. The number of methoxy groups -OCH3 is 1. The molecule has 1 atom stereocenters. The summed E-state index contributed by atoms with van der Waals surface area (Å²) in [6, 6.07) is 8.27. The number of benzene rings is 1. The molecule has 116 valence electrons. The molecule has 1 N–H and O–H groups in total. The van der Waals surface area contributed by atoms with E-state index in [0.29, 0.717) is 5.25 Å². The molecule has 1 heterocycles. The van der Waals surface area contributed by atoms with Crippen LogP contribution in [0, 0.1) is 5.92 Å². The van der Waals surface area contributed by atoms with Gasteiger partial charge in [0.2, 0.25) is 0 Å². The van der Waals surface area contributed by atoms with E-state index < -0.39 is 0 Å². The number of amidine groups is 1. The molecule has 3 nitrogen and oxygen atoms in total. The van der Waals surface area contributed by atoms with Crippen molar-refractivity contribution in [3.8, 4) is 5.75 Å². The Bertz CT molecular complexity index is 454. The summed E-state index contributed by atoms with van der Waals surface area (Å²) in [7, 11) is 1.70. The van der Waals surface area contributed by atoms with Crippen molar-refractivity contribution in [2.45, 2.75) is 38.4 Å². The average Bonchev–Trinajstić information content (AvgIpc) is 2.98. The van der Waals surface area contributed by atoms with Gasteiger partial charge < -0.3 is 10.1 Å². The van der Waals surface area contributed by atoms with Crippen molar-refractivity contribution < 1.29 is 4.74 Å². The highest BCUT2D eigenvalue weighted by Crippen LogP contribution is 2.30. The smallest absolute Gasteiger partial charge is 0.156 e. The predicted octanol–water partition coefficient (Wildman–Crippen LogP) is 3.73. The molecule has 1 aromatic rings. The second-order valence-electron chi connectivity index (χ2n) is 5.40. The molecule has 0 bridgehead atoms. The maximum absolute atomic E-state index is 5.17.